The zero-order chi connectivity index (χ0) is 14.1. The molecule has 0 saturated heterocycles. The van der Waals surface area contributed by atoms with Gasteiger partial charge in [-0.15, -0.1) is 0 Å². The molecule has 0 bridgehead atoms. The average molecular weight is 299 g/mol. The van der Waals surface area contributed by atoms with Crippen LogP contribution in [0, 0.1) is 0 Å². The Morgan fingerprint density at radius 3 is 2.37 bits per heavy atom. The van der Waals surface area contributed by atoms with Crippen molar-refractivity contribution in [2.24, 2.45) is 0 Å². The van der Waals surface area contributed by atoms with Crippen LogP contribution in [0.1, 0.15) is 39.5 Å². The first-order valence-corrected chi connectivity index (χ1v) is 7.77. The van der Waals surface area contributed by atoms with E-state index in [1.54, 1.807) is 0 Å². The van der Waals surface area contributed by atoms with Gasteiger partial charge in [0.25, 0.3) is 0 Å². The Bertz CT molecular complexity index is 387. The number of anilines is 1. The normalized spacial score (nSPS) is 10.3. The number of nitrogens with one attached hydrogen (secondary N) is 1. The summed E-state index contributed by atoms with van der Waals surface area (Å²) >= 11 is 11.5. The van der Waals surface area contributed by atoms with E-state index in [1.165, 1.54) is 25.7 Å². The van der Waals surface area contributed by atoms with E-state index >= 15 is 0 Å². The lowest BCUT2D eigenvalue weighted by atomic mass is 10.2. The Morgan fingerprint density at radius 1 is 1.21 bits per heavy atom. The Balaban J connectivity index is 2.59. The van der Waals surface area contributed by atoms with Crippen LogP contribution in [-0.4, -0.2) is 23.1 Å². The van der Waals surface area contributed by atoms with Crippen LogP contribution in [0.2, 0.25) is 5.02 Å². The van der Waals surface area contributed by atoms with Crippen LogP contribution in [0.3, 0.4) is 0 Å². The third-order valence-electron chi connectivity index (χ3n) is 2.93. The highest BCUT2D eigenvalue weighted by molar-refractivity contribution is 7.80. The molecule has 0 heterocycles. The number of halogens is 1. The third kappa shape index (κ3) is 6.26. The van der Waals surface area contributed by atoms with Crippen LogP contribution in [0.15, 0.2) is 24.3 Å². The zero-order valence-electron chi connectivity index (χ0n) is 11.8. The van der Waals surface area contributed by atoms with E-state index < -0.39 is 0 Å². The lowest BCUT2D eigenvalue weighted by molar-refractivity contribution is 0.403. The van der Waals surface area contributed by atoms with Crippen LogP contribution >= 0.6 is 23.8 Å². The Hall–Kier alpha value is -0.800. The molecule has 0 spiro atoms. The van der Waals surface area contributed by atoms with Gasteiger partial charge in [0.1, 0.15) is 0 Å². The van der Waals surface area contributed by atoms with Crippen molar-refractivity contribution >= 4 is 34.6 Å². The molecule has 2 nitrogen and oxygen atoms in total. The topological polar surface area (TPSA) is 15.3 Å². The highest BCUT2D eigenvalue weighted by atomic mass is 35.5. The molecule has 0 aliphatic heterocycles. The molecule has 0 aliphatic rings. The first kappa shape index (κ1) is 16.3. The monoisotopic (exact) mass is 298 g/mol. The fourth-order valence-corrected chi connectivity index (χ4v) is 2.27. The molecule has 4 heteroatoms. The molecule has 1 aromatic rings. The smallest absolute Gasteiger partial charge is 0.173 e. The van der Waals surface area contributed by atoms with Gasteiger partial charge in [0.15, 0.2) is 5.11 Å². The second-order valence-electron chi connectivity index (χ2n) is 4.63. The highest BCUT2D eigenvalue weighted by Gasteiger charge is 2.08. The minimum atomic E-state index is 0.724. The molecule has 0 radical (unpaired) electrons. The summed E-state index contributed by atoms with van der Waals surface area (Å²) < 4.78 is 0. The minimum Gasteiger partial charge on any atom is -0.349 e. The van der Waals surface area contributed by atoms with Gasteiger partial charge < -0.3 is 10.2 Å². The van der Waals surface area contributed by atoms with Crippen molar-refractivity contribution in [3.05, 3.63) is 29.3 Å². The molecule has 0 fully saturated rings. The maximum Gasteiger partial charge on any atom is 0.173 e. The quantitative estimate of drug-likeness (QED) is 0.718. The molecule has 106 valence electrons. The largest absolute Gasteiger partial charge is 0.349 e. The van der Waals surface area contributed by atoms with Crippen molar-refractivity contribution < 1.29 is 0 Å². The molecule has 0 aromatic heterocycles. The molecular weight excluding hydrogens is 276 g/mol. The van der Waals surface area contributed by atoms with E-state index in [4.69, 9.17) is 23.8 Å². The molecular formula is C15H23ClN2S. The summed E-state index contributed by atoms with van der Waals surface area (Å²) in [4.78, 5) is 2.25. The number of unbranched alkanes of at least 4 members (excludes halogenated alkanes) is 2. The van der Waals surface area contributed by atoms with Crippen molar-refractivity contribution in [2.75, 3.05) is 18.4 Å². The van der Waals surface area contributed by atoms with Gasteiger partial charge in [-0.25, -0.2) is 0 Å². The molecule has 1 N–H and O–H groups in total. The summed E-state index contributed by atoms with van der Waals surface area (Å²) in [5.41, 5.74) is 0.954. The molecule has 0 atom stereocenters. The zero-order valence-corrected chi connectivity index (χ0v) is 13.4. The van der Waals surface area contributed by atoms with E-state index in [0.717, 1.165) is 28.9 Å². The summed E-state index contributed by atoms with van der Waals surface area (Å²) in [6, 6.07) is 7.67. The minimum absolute atomic E-state index is 0.724. The van der Waals surface area contributed by atoms with Crippen molar-refractivity contribution in [3.8, 4) is 0 Å². The lowest BCUT2D eigenvalue weighted by Crippen LogP contribution is -2.36. The standard InChI is InChI=1S/C15H23ClN2S/c1-3-5-10-18(11-6-4-2)15(19)17-14-9-7-8-13(16)12-14/h7-9,12H,3-6,10-11H2,1-2H3,(H,17,19). The Labute approximate surface area is 127 Å². The number of nitrogens with zero attached hydrogens (tertiary/aromatic N) is 1. The second-order valence-corrected chi connectivity index (χ2v) is 5.46. The molecule has 0 unspecified atom stereocenters. The summed E-state index contributed by atoms with van der Waals surface area (Å²) in [6.07, 6.45) is 4.70. The maximum absolute atomic E-state index is 5.98. The van der Waals surface area contributed by atoms with Gasteiger partial charge in [0.05, 0.1) is 0 Å². The van der Waals surface area contributed by atoms with Crippen molar-refractivity contribution in [2.45, 2.75) is 39.5 Å². The highest BCUT2D eigenvalue weighted by Crippen LogP contribution is 2.15. The molecule has 1 rings (SSSR count). The van der Waals surface area contributed by atoms with Crippen LogP contribution in [0.5, 0.6) is 0 Å². The van der Waals surface area contributed by atoms with E-state index in [2.05, 4.69) is 24.1 Å². The Morgan fingerprint density at radius 2 is 1.84 bits per heavy atom. The number of benzene rings is 1. The van der Waals surface area contributed by atoms with E-state index in [0.29, 0.717) is 0 Å². The van der Waals surface area contributed by atoms with Crippen molar-refractivity contribution in [1.82, 2.24) is 4.90 Å². The van der Waals surface area contributed by atoms with E-state index in [1.807, 2.05) is 24.3 Å². The number of thiocarbonyl (C=S) groups is 1. The number of hydrogen-bond acceptors (Lipinski definition) is 1. The van der Waals surface area contributed by atoms with Crippen molar-refractivity contribution in [3.63, 3.8) is 0 Å². The van der Waals surface area contributed by atoms with Crippen LogP contribution in [0.4, 0.5) is 5.69 Å². The molecule has 0 saturated carbocycles. The van der Waals surface area contributed by atoms with Gasteiger partial charge in [-0.3, -0.25) is 0 Å². The second kappa shape index (κ2) is 9.16. The van der Waals surface area contributed by atoms with Crippen LogP contribution in [0.25, 0.3) is 0 Å². The molecule has 19 heavy (non-hydrogen) atoms. The van der Waals surface area contributed by atoms with Gasteiger partial charge in [0, 0.05) is 23.8 Å². The SMILES string of the molecule is CCCCN(CCCC)C(=S)Nc1cccc(Cl)c1. The van der Waals surface area contributed by atoms with Crippen molar-refractivity contribution in [1.29, 1.82) is 0 Å². The third-order valence-corrected chi connectivity index (χ3v) is 3.52. The van der Waals surface area contributed by atoms with E-state index in [-0.39, 0.29) is 0 Å². The van der Waals surface area contributed by atoms with Crippen LogP contribution in [-0.2, 0) is 0 Å². The summed E-state index contributed by atoms with van der Waals surface area (Å²) in [5.74, 6) is 0. The van der Waals surface area contributed by atoms with Crippen LogP contribution < -0.4 is 5.32 Å². The number of rotatable bonds is 7. The van der Waals surface area contributed by atoms with Gasteiger partial charge in [-0.2, -0.15) is 0 Å². The van der Waals surface area contributed by atoms with Gasteiger partial charge in [-0.05, 0) is 43.3 Å². The summed E-state index contributed by atoms with van der Waals surface area (Å²) in [6.45, 7) is 6.43. The van der Waals surface area contributed by atoms with E-state index in [9.17, 15) is 0 Å². The average Bonchev–Trinajstić information content (AvgIpc) is 2.38. The summed E-state index contributed by atoms with van der Waals surface area (Å²) in [7, 11) is 0. The maximum atomic E-state index is 5.98. The first-order valence-electron chi connectivity index (χ1n) is 6.98. The number of hydrogen-bond donors (Lipinski definition) is 1. The van der Waals surface area contributed by atoms with Gasteiger partial charge in [-0.1, -0.05) is 44.4 Å². The lowest BCUT2D eigenvalue weighted by Gasteiger charge is -2.25. The van der Waals surface area contributed by atoms with Gasteiger partial charge in [0.2, 0.25) is 0 Å². The molecule has 0 aliphatic carbocycles. The fourth-order valence-electron chi connectivity index (χ4n) is 1.78. The Kier molecular flexibility index (Phi) is 7.84. The predicted octanol–water partition coefficient (Wildman–Crippen LogP) is 4.94. The van der Waals surface area contributed by atoms with Gasteiger partial charge >= 0.3 is 0 Å². The molecule has 1 aromatic carbocycles. The summed E-state index contributed by atoms with van der Waals surface area (Å²) in [5, 5.41) is 4.79. The predicted molar refractivity (Wildman–Crippen MR) is 89.1 cm³/mol. The first-order chi connectivity index (χ1) is 9.17. The molecule has 0 amide bonds. The fraction of sp³-hybridized carbons (Fsp3) is 0.533.